The lowest BCUT2D eigenvalue weighted by atomic mass is 9.95. The number of β-amino-alcohol motifs (C(OH)–C–C–N with tert-alkyl or cyclic N) is 1. The number of piperidine rings is 1. The molecule has 1 aromatic rings. The zero-order chi connectivity index (χ0) is 15.6. The minimum absolute atomic E-state index is 0.134. The second kappa shape index (κ2) is 6.14. The lowest BCUT2D eigenvalue weighted by molar-refractivity contribution is -0.118. The Morgan fingerprint density at radius 3 is 2.90 bits per heavy atom. The van der Waals surface area contributed by atoms with Crippen LogP contribution in [0.5, 0.6) is 0 Å². The number of aryl methyl sites for hydroxylation is 1. The van der Waals surface area contributed by atoms with E-state index in [-0.39, 0.29) is 12.5 Å². The molecule has 2 heterocycles. The fourth-order valence-corrected chi connectivity index (χ4v) is 3.70. The average Bonchev–Trinajstić information content (AvgIpc) is 2.62. The van der Waals surface area contributed by atoms with E-state index in [1.54, 1.807) is 6.92 Å². The third kappa shape index (κ3) is 3.82. The predicted molar refractivity (Wildman–Crippen MR) is 83.4 cm³/mol. The second-order valence-electron chi connectivity index (χ2n) is 5.96. The van der Waals surface area contributed by atoms with Gasteiger partial charge < -0.3 is 10.4 Å². The Bertz CT molecular complexity index is 586. The van der Waals surface area contributed by atoms with Crippen molar-refractivity contribution < 1.29 is 9.90 Å². The summed E-state index contributed by atoms with van der Waals surface area (Å²) in [6.07, 6.45) is 1.66. The summed E-state index contributed by atoms with van der Waals surface area (Å²) in [5.41, 5.74) is 0.766. The summed E-state index contributed by atoms with van der Waals surface area (Å²) in [6.45, 7) is 7.21. The van der Waals surface area contributed by atoms with E-state index >= 15 is 0 Å². The van der Waals surface area contributed by atoms with Crippen LogP contribution in [0.2, 0.25) is 0 Å². The zero-order valence-electron chi connectivity index (χ0n) is 12.7. The number of nitrogens with zero attached hydrogens (tertiary/aromatic N) is 2. The standard InChI is InChI=1S/C15H21N3O2S/c1-10-11(2)21-14(12(10)7-16)17-13(19)8-18-6-4-5-15(3,20)9-18/h20H,4-6,8-9H2,1-3H3,(H,17,19). The van der Waals surface area contributed by atoms with Crippen LogP contribution in [-0.4, -0.2) is 41.1 Å². The zero-order valence-corrected chi connectivity index (χ0v) is 13.5. The topological polar surface area (TPSA) is 76.4 Å². The SMILES string of the molecule is Cc1sc(NC(=O)CN2CCCC(C)(O)C2)c(C#N)c1C. The monoisotopic (exact) mass is 307 g/mol. The summed E-state index contributed by atoms with van der Waals surface area (Å²) in [5, 5.41) is 22.7. The third-order valence-corrected chi connectivity index (χ3v) is 4.99. The molecular formula is C15H21N3O2S. The van der Waals surface area contributed by atoms with E-state index in [9.17, 15) is 15.2 Å². The number of nitriles is 1. The lowest BCUT2D eigenvalue weighted by Gasteiger charge is -2.36. The normalized spacial score (nSPS) is 22.8. The van der Waals surface area contributed by atoms with Crippen molar-refractivity contribution in [3.8, 4) is 6.07 Å². The minimum atomic E-state index is -0.716. The fourth-order valence-electron chi connectivity index (χ4n) is 2.68. The molecule has 1 saturated heterocycles. The minimum Gasteiger partial charge on any atom is -0.389 e. The van der Waals surface area contributed by atoms with E-state index in [0.717, 1.165) is 29.8 Å². The molecule has 1 aliphatic heterocycles. The molecule has 1 aromatic heterocycles. The van der Waals surface area contributed by atoms with Crippen molar-refractivity contribution in [1.29, 1.82) is 5.26 Å². The number of aliphatic hydroxyl groups is 1. The van der Waals surface area contributed by atoms with E-state index in [0.29, 0.717) is 17.1 Å². The Balaban J connectivity index is 2.00. The smallest absolute Gasteiger partial charge is 0.239 e. The summed E-state index contributed by atoms with van der Waals surface area (Å²) in [4.78, 5) is 15.1. The molecule has 6 heteroatoms. The number of amides is 1. The lowest BCUT2D eigenvalue weighted by Crippen LogP contribution is -2.48. The van der Waals surface area contributed by atoms with E-state index in [1.807, 2.05) is 18.7 Å². The van der Waals surface area contributed by atoms with Gasteiger partial charge >= 0.3 is 0 Å². The summed E-state index contributed by atoms with van der Waals surface area (Å²) in [5.74, 6) is -0.134. The van der Waals surface area contributed by atoms with Crippen LogP contribution in [0.4, 0.5) is 5.00 Å². The van der Waals surface area contributed by atoms with E-state index in [4.69, 9.17) is 0 Å². The predicted octanol–water partition coefficient (Wildman–Crippen LogP) is 2.02. The first-order valence-corrected chi connectivity index (χ1v) is 7.89. The number of carbonyl (C=O) groups excluding carboxylic acids is 1. The molecule has 1 atom stereocenters. The molecule has 21 heavy (non-hydrogen) atoms. The molecule has 0 aromatic carbocycles. The molecule has 1 aliphatic rings. The molecule has 0 saturated carbocycles. The molecule has 0 bridgehead atoms. The highest BCUT2D eigenvalue weighted by Gasteiger charge is 2.29. The van der Waals surface area contributed by atoms with Crippen LogP contribution in [0.1, 0.15) is 35.8 Å². The van der Waals surface area contributed by atoms with E-state index in [2.05, 4.69) is 11.4 Å². The van der Waals surface area contributed by atoms with Gasteiger partial charge in [0.1, 0.15) is 11.1 Å². The Kier molecular flexibility index (Phi) is 4.67. The van der Waals surface area contributed by atoms with Gasteiger partial charge in [0.25, 0.3) is 0 Å². The van der Waals surface area contributed by atoms with Crippen molar-refractivity contribution >= 4 is 22.2 Å². The maximum atomic E-state index is 12.1. The molecule has 5 nitrogen and oxygen atoms in total. The van der Waals surface area contributed by atoms with Gasteiger partial charge in [-0.05, 0) is 45.7 Å². The number of hydrogen-bond acceptors (Lipinski definition) is 5. The Morgan fingerprint density at radius 1 is 1.57 bits per heavy atom. The molecule has 2 N–H and O–H groups in total. The highest BCUT2D eigenvalue weighted by atomic mass is 32.1. The first kappa shape index (κ1) is 16.0. The van der Waals surface area contributed by atoms with Crippen LogP contribution < -0.4 is 5.32 Å². The Morgan fingerprint density at radius 2 is 2.29 bits per heavy atom. The molecule has 1 unspecified atom stereocenters. The molecule has 1 amide bonds. The summed E-state index contributed by atoms with van der Waals surface area (Å²) < 4.78 is 0. The quantitative estimate of drug-likeness (QED) is 0.896. The number of likely N-dealkylation sites (tertiary alicyclic amines) is 1. The first-order valence-electron chi connectivity index (χ1n) is 7.07. The van der Waals surface area contributed by atoms with Crippen LogP contribution in [0.25, 0.3) is 0 Å². The van der Waals surface area contributed by atoms with Gasteiger partial charge in [-0.25, -0.2) is 0 Å². The number of carbonyl (C=O) groups is 1. The second-order valence-corrected chi connectivity index (χ2v) is 7.18. The van der Waals surface area contributed by atoms with Crippen molar-refractivity contribution in [1.82, 2.24) is 4.90 Å². The number of thiophene rings is 1. The third-order valence-electron chi connectivity index (χ3n) is 3.87. The van der Waals surface area contributed by atoms with Crippen LogP contribution in [0, 0.1) is 25.2 Å². The van der Waals surface area contributed by atoms with Crippen LogP contribution in [0.15, 0.2) is 0 Å². The molecule has 0 radical (unpaired) electrons. The molecule has 0 aliphatic carbocycles. The largest absolute Gasteiger partial charge is 0.389 e. The maximum Gasteiger partial charge on any atom is 0.239 e. The van der Waals surface area contributed by atoms with E-state index in [1.165, 1.54) is 11.3 Å². The molecule has 2 rings (SSSR count). The van der Waals surface area contributed by atoms with Crippen LogP contribution in [0.3, 0.4) is 0 Å². The molecule has 114 valence electrons. The van der Waals surface area contributed by atoms with E-state index < -0.39 is 5.60 Å². The van der Waals surface area contributed by atoms with Crippen molar-refractivity contribution in [3.05, 3.63) is 16.0 Å². The molecule has 1 fully saturated rings. The number of rotatable bonds is 3. The van der Waals surface area contributed by atoms with Crippen LogP contribution >= 0.6 is 11.3 Å². The van der Waals surface area contributed by atoms with Gasteiger partial charge in [-0.3, -0.25) is 9.69 Å². The van der Waals surface area contributed by atoms with Crippen molar-refractivity contribution in [2.75, 3.05) is 25.0 Å². The van der Waals surface area contributed by atoms with Gasteiger partial charge in [-0.1, -0.05) is 0 Å². The first-order chi connectivity index (χ1) is 9.82. The molecule has 0 spiro atoms. The summed E-state index contributed by atoms with van der Waals surface area (Å²) in [6, 6.07) is 2.15. The van der Waals surface area contributed by atoms with Gasteiger partial charge in [0.05, 0.1) is 17.7 Å². The van der Waals surface area contributed by atoms with Gasteiger partial charge in [0.15, 0.2) is 0 Å². The van der Waals surface area contributed by atoms with Crippen LogP contribution in [-0.2, 0) is 4.79 Å². The Hall–Kier alpha value is -1.42. The van der Waals surface area contributed by atoms with Gasteiger partial charge in [0.2, 0.25) is 5.91 Å². The summed E-state index contributed by atoms with van der Waals surface area (Å²) >= 11 is 1.43. The van der Waals surface area contributed by atoms with Gasteiger partial charge in [-0.2, -0.15) is 5.26 Å². The Labute approximate surface area is 129 Å². The van der Waals surface area contributed by atoms with Crippen molar-refractivity contribution in [3.63, 3.8) is 0 Å². The number of anilines is 1. The van der Waals surface area contributed by atoms with Crippen molar-refractivity contribution in [2.45, 2.75) is 39.2 Å². The van der Waals surface area contributed by atoms with Gasteiger partial charge in [0, 0.05) is 11.4 Å². The number of hydrogen-bond donors (Lipinski definition) is 2. The summed E-state index contributed by atoms with van der Waals surface area (Å²) in [7, 11) is 0. The van der Waals surface area contributed by atoms with Crippen molar-refractivity contribution in [2.24, 2.45) is 0 Å². The van der Waals surface area contributed by atoms with Gasteiger partial charge in [-0.15, -0.1) is 11.3 Å². The highest BCUT2D eigenvalue weighted by molar-refractivity contribution is 7.16. The number of nitrogens with one attached hydrogen (secondary N) is 1. The average molecular weight is 307 g/mol. The molecular weight excluding hydrogens is 286 g/mol. The highest BCUT2D eigenvalue weighted by Crippen LogP contribution is 2.31. The maximum absolute atomic E-state index is 12.1. The fraction of sp³-hybridized carbons (Fsp3) is 0.600.